The highest BCUT2D eigenvalue weighted by molar-refractivity contribution is 5.46. The van der Waals surface area contributed by atoms with E-state index in [-0.39, 0.29) is 5.60 Å². The Morgan fingerprint density at radius 1 is 1.24 bits per heavy atom. The largest absolute Gasteiger partial charge is 0.399 e. The molecule has 0 fully saturated rings. The van der Waals surface area contributed by atoms with Crippen LogP contribution in [0.3, 0.4) is 0 Å². The lowest BCUT2D eigenvalue weighted by atomic mass is 10.1. The topological polar surface area (TPSA) is 38.5 Å². The Bertz CT molecular complexity index is 396. The minimum Gasteiger partial charge on any atom is -0.399 e. The van der Waals surface area contributed by atoms with Crippen LogP contribution in [0, 0.1) is 0 Å². The minimum atomic E-state index is -0.0446. The van der Waals surface area contributed by atoms with Crippen LogP contribution < -0.4 is 5.73 Å². The molecule has 2 rings (SSSR count). The SMILES string of the molecule is CC(C)(C)OCCN1Cc2ccc(N)cc2C1. The molecule has 0 saturated heterocycles. The maximum atomic E-state index is 5.79. The van der Waals surface area contributed by atoms with Gasteiger partial charge in [-0.05, 0) is 44.0 Å². The molecular formula is C14H22N2O. The summed E-state index contributed by atoms with van der Waals surface area (Å²) in [5.74, 6) is 0. The van der Waals surface area contributed by atoms with E-state index in [1.54, 1.807) is 0 Å². The van der Waals surface area contributed by atoms with E-state index in [2.05, 4.69) is 37.8 Å². The first-order chi connectivity index (χ1) is 7.94. The summed E-state index contributed by atoms with van der Waals surface area (Å²) < 4.78 is 5.75. The molecule has 0 bridgehead atoms. The van der Waals surface area contributed by atoms with E-state index in [4.69, 9.17) is 10.5 Å². The van der Waals surface area contributed by atoms with Gasteiger partial charge in [-0.15, -0.1) is 0 Å². The molecule has 0 spiro atoms. The van der Waals surface area contributed by atoms with Crippen molar-refractivity contribution < 1.29 is 4.74 Å². The number of nitrogens with zero attached hydrogens (tertiary/aromatic N) is 1. The van der Waals surface area contributed by atoms with Crippen LogP contribution in [0.2, 0.25) is 0 Å². The number of nitrogen functional groups attached to an aromatic ring is 1. The molecular weight excluding hydrogens is 212 g/mol. The second-order valence-corrected chi connectivity index (χ2v) is 5.70. The second kappa shape index (κ2) is 4.67. The van der Waals surface area contributed by atoms with Gasteiger partial charge in [0.15, 0.2) is 0 Å². The monoisotopic (exact) mass is 234 g/mol. The van der Waals surface area contributed by atoms with E-state index in [1.165, 1.54) is 11.1 Å². The van der Waals surface area contributed by atoms with Gasteiger partial charge in [0.25, 0.3) is 0 Å². The van der Waals surface area contributed by atoms with Crippen LogP contribution in [0.25, 0.3) is 0 Å². The fraction of sp³-hybridized carbons (Fsp3) is 0.571. The summed E-state index contributed by atoms with van der Waals surface area (Å²) in [4.78, 5) is 2.40. The van der Waals surface area contributed by atoms with Crippen molar-refractivity contribution in [3.05, 3.63) is 29.3 Å². The quantitative estimate of drug-likeness (QED) is 0.816. The highest BCUT2D eigenvalue weighted by Crippen LogP contribution is 2.24. The highest BCUT2D eigenvalue weighted by Gasteiger charge is 2.19. The molecule has 1 aromatic rings. The maximum Gasteiger partial charge on any atom is 0.0600 e. The van der Waals surface area contributed by atoms with Gasteiger partial charge in [0.05, 0.1) is 12.2 Å². The van der Waals surface area contributed by atoms with E-state index < -0.39 is 0 Å². The molecule has 1 aromatic carbocycles. The average molecular weight is 234 g/mol. The summed E-state index contributed by atoms with van der Waals surface area (Å²) >= 11 is 0. The number of fused-ring (bicyclic) bond motifs is 1. The van der Waals surface area contributed by atoms with Gasteiger partial charge in [0.2, 0.25) is 0 Å². The highest BCUT2D eigenvalue weighted by atomic mass is 16.5. The van der Waals surface area contributed by atoms with Crippen molar-refractivity contribution in [1.29, 1.82) is 0 Å². The van der Waals surface area contributed by atoms with Gasteiger partial charge in [0.1, 0.15) is 0 Å². The van der Waals surface area contributed by atoms with Crippen LogP contribution in [0.5, 0.6) is 0 Å². The molecule has 0 aromatic heterocycles. The van der Waals surface area contributed by atoms with Crippen molar-refractivity contribution in [3.63, 3.8) is 0 Å². The third-order valence-corrected chi connectivity index (χ3v) is 2.96. The lowest BCUT2D eigenvalue weighted by molar-refractivity contribution is -0.0135. The zero-order chi connectivity index (χ0) is 12.5. The molecule has 0 saturated carbocycles. The lowest BCUT2D eigenvalue weighted by Gasteiger charge is -2.22. The number of benzene rings is 1. The van der Waals surface area contributed by atoms with E-state index in [1.807, 2.05) is 6.07 Å². The molecule has 3 nitrogen and oxygen atoms in total. The van der Waals surface area contributed by atoms with Crippen molar-refractivity contribution in [2.24, 2.45) is 0 Å². The van der Waals surface area contributed by atoms with E-state index in [9.17, 15) is 0 Å². The first-order valence-corrected chi connectivity index (χ1v) is 6.18. The summed E-state index contributed by atoms with van der Waals surface area (Å²) in [6.45, 7) is 10.0. The number of anilines is 1. The van der Waals surface area contributed by atoms with Crippen LogP contribution in [0.15, 0.2) is 18.2 Å². The Kier molecular flexibility index (Phi) is 3.40. The molecule has 0 atom stereocenters. The van der Waals surface area contributed by atoms with Crippen molar-refractivity contribution in [3.8, 4) is 0 Å². The number of rotatable bonds is 3. The molecule has 1 aliphatic heterocycles. The van der Waals surface area contributed by atoms with E-state index in [0.717, 1.165) is 31.9 Å². The second-order valence-electron chi connectivity index (χ2n) is 5.70. The lowest BCUT2D eigenvalue weighted by Crippen LogP contribution is -2.27. The van der Waals surface area contributed by atoms with Crippen LogP contribution in [0.4, 0.5) is 5.69 Å². The fourth-order valence-corrected chi connectivity index (χ4v) is 2.12. The minimum absolute atomic E-state index is 0.0446. The summed E-state index contributed by atoms with van der Waals surface area (Å²) in [7, 11) is 0. The molecule has 0 unspecified atom stereocenters. The third-order valence-electron chi connectivity index (χ3n) is 2.96. The maximum absolute atomic E-state index is 5.79. The third kappa shape index (κ3) is 3.45. The fourth-order valence-electron chi connectivity index (χ4n) is 2.12. The van der Waals surface area contributed by atoms with Gasteiger partial charge < -0.3 is 10.5 Å². The van der Waals surface area contributed by atoms with Crippen LogP contribution in [0.1, 0.15) is 31.9 Å². The summed E-state index contributed by atoms with van der Waals surface area (Å²) in [5.41, 5.74) is 9.36. The van der Waals surface area contributed by atoms with Crippen LogP contribution in [-0.2, 0) is 17.8 Å². The molecule has 0 aliphatic carbocycles. The van der Waals surface area contributed by atoms with Crippen LogP contribution >= 0.6 is 0 Å². The summed E-state index contributed by atoms with van der Waals surface area (Å²) in [5, 5.41) is 0. The Hall–Kier alpha value is -1.06. The smallest absolute Gasteiger partial charge is 0.0600 e. The van der Waals surface area contributed by atoms with Crippen LogP contribution in [-0.4, -0.2) is 23.7 Å². The molecule has 0 amide bonds. The van der Waals surface area contributed by atoms with E-state index >= 15 is 0 Å². The predicted molar refractivity (Wildman–Crippen MR) is 70.7 cm³/mol. The van der Waals surface area contributed by atoms with Gasteiger partial charge in [-0.2, -0.15) is 0 Å². The van der Waals surface area contributed by atoms with Crippen molar-refractivity contribution in [1.82, 2.24) is 4.90 Å². The van der Waals surface area contributed by atoms with Gasteiger partial charge in [-0.25, -0.2) is 0 Å². The first kappa shape index (κ1) is 12.4. The number of ether oxygens (including phenoxy) is 1. The molecule has 94 valence electrons. The Morgan fingerprint density at radius 2 is 1.94 bits per heavy atom. The zero-order valence-electron chi connectivity index (χ0n) is 11.0. The van der Waals surface area contributed by atoms with Crippen molar-refractivity contribution in [2.75, 3.05) is 18.9 Å². The first-order valence-electron chi connectivity index (χ1n) is 6.18. The summed E-state index contributed by atoms with van der Waals surface area (Å²) in [6, 6.07) is 6.20. The zero-order valence-corrected chi connectivity index (χ0v) is 11.0. The molecule has 1 heterocycles. The van der Waals surface area contributed by atoms with Crippen molar-refractivity contribution in [2.45, 2.75) is 39.5 Å². The van der Waals surface area contributed by atoms with Crippen molar-refractivity contribution >= 4 is 5.69 Å². The Labute approximate surface area is 104 Å². The summed E-state index contributed by atoms with van der Waals surface area (Å²) in [6.07, 6.45) is 0. The number of hydrogen-bond acceptors (Lipinski definition) is 3. The predicted octanol–water partition coefficient (Wildman–Crippen LogP) is 2.40. The van der Waals surface area contributed by atoms with E-state index in [0.29, 0.717) is 0 Å². The number of nitrogens with two attached hydrogens (primary N) is 1. The standard InChI is InChI=1S/C14H22N2O/c1-14(2,3)17-7-6-16-9-11-4-5-13(15)8-12(11)10-16/h4-5,8H,6-7,9-10,15H2,1-3H3. The van der Waals surface area contributed by atoms with Gasteiger partial charge in [0, 0.05) is 25.3 Å². The van der Waals surface area contributed by atoms with Gasteiger partial charge >= 0.3 is 0 Å². The average Bonchev–Trinajstić information content (AvgIpc) is 2.57. The molecule has 1 aliphatic rings. The normalized spacial score (nSPS) is 16.2. The molecule has 2 N–H and O–H groups in total. The Morgan fingerprint density at radius 3 is 2.65 bits per heavy atom. The molecule has 17 heavy (non-hydrogen) atoms. The Balaban J connectivity index is 1.84. The number of hydrogen-bond donors (Lipinski definition) is 1. The van der Waals surface area contributed by atoms with Gasteiger partial charge in [-0.1, -0.05) is 6.07 Å². The molecule has 0 radical (unpaired) electrons. The van der Waals surface area contributed by atoms with Gasteiger partial charge in [-0.3, -0.25) is 4.90 Å². The molecule has 3 heteroatoms.